The molecule has 0 aromatic carbocycles. The molecule has 19 heavy (non-hydrogen) atoms. The average molecular weight is 353 g/mol. The lowest BCUT2D eigenvalue weighted by Gasteiger charge is -2.10. The lowest BCUT2D eigenvalue weighted by atomic mass is 10.1. The maximum absolute atomic E-state index is 11.9. The summed E-state index contributed by atoms with van der Waals surface area (Å²) < 4.78 is 1.07. The van der Waals surface area contributed by atoms with Crippen LogP contribution in [0.4, 0.5) is 5.13 Å². The fourth-order valence-corrected chi connectivity index (χ4v) is 4.23. The van der Waals surface area contributed by atoms with Crippen LogP contribution in [-0.2, 0) is 4.79 Å². The van der Waals surface area contributed by atoms with Gasteiger partial charge in [-0.05, 0) is 28.1 Å². The molecule has 3 nitrogen and oxygen atoms in total. The summed E-state index contributed by atoms with van der Waals surface area (Å²) in [6, 6.07) is 4.01. The summed E-state index contributed by atoms with van der Waals surface area (Å²) in [6.07, 6.45) is 5.81. The number of hydrogen-bond donors (Lipinski definition) is 0. The Balaban J connectivity index is 1.86. The number of halogens is 1. The molecule has 1 aliphatic rings. The van der Waals surface area contributed by atoms with E-state index in [2.05, 4.69) is 26.8 Å². The van der Waals surface area contributed by atoms with E-state index in [4.69, 9.17) is 6.42 Å². The van der Waals surface area contributed by atoms with Gasteiger partial charge in [-0.1, -0.05) is 0 Å². The van der Waals surface area contributed by atoms with Gasteiger partial charge in [0.2, 0.25) is 5.91 Å². The van der Waals surface area contributed by atoms with E-state index in [-0.39, 0.29) is 11.8 Å². The Bertz CT molecular complexity index is 670. The molecule has 2 aromatic heterocycles. The molecular formula is C13H9BrN2OS2. The van der Waals surface area contributed by atoms with Gasteiger partial charge in [-0.25, -0.2) is 4.98 Å². The first-order valence-corrected chi connectivity index (χ1v) is 8.14. The minimum Gasteiger partial charge on any atom is -0.287 e. The molecule has 1 atom stereocenters. The molecule has 1 amide bonds. The predicted octanol–water partition coefficient (Wildman–Crippen LogP) is 3.62. The summed E-state index contributed by atoms with van der Waals surface area (Å²) in [7, 11) is 0. The summed E-state index contributed by atoms with van der Waals surface area (Å²) in [5.41, 5.74) is 0.910. The molecule has 3 heterocycles. The normalized spacial score (nSPS) is 18.8. The van der Waals surface area contributed by atoms with E-state index in [9.17, 15) is 4.79 Å². The van der Waals surface area contributed by atoms with Crippen LogP contribution in [0.3, 0.4) is 0 Å². The Labute approximate surface area is 127 Å². The van der Waals surface area contributed by atoms with Gasteiger partial charge in [0.25, 0.3) is 0 Å². The van der Waals surface area contributed by atoms with E-state index in [1.807, 2.05) is 17.5 Å². The number of carbonyl (C=O) groups is 1. The number of amides is 1. The fraction of sp³-hybridized carbons (Fsp3) is 0.231. The summed E-state index contributed by atoms with van der Waals surface area (Å²) in [4.78, 5) is 19.2. The van der Waals surface area contributed by atoms with Gasteiger partial charge in [0, 0.05) is 24.3 Å². The van der Waals surface area contributed by atoms with Crippen LogP contribution in [0.2, 0.25) is 0 Å². The van der Waals surface area contributed by atoms with Gasteiger partial charge < -0.3 is 0 Å². The van der Waals surface area contributed by atoms with Crippen molar-refractivity contribution in [2.75, 3.05) is 11.4 Å². The topological polar surface area (TPSA) is 33.2 Å². The van der Waals surface area contributed by atoms with Gasteiger partial charge in [-0.2, -0.15) is 0 Å². The number of rotatable bonds is 2. The predicted molar refractivity (Wildman–Crippen MR) is 82.4 cm³/mol. The van der Waals surface area contributed by atoms with Crippen LogP contribution in [0.5, 0.6) is 0 Å². The summed E-state index contributed by atoms with van der Waals surface area (Å²) in [6.45, 7) is 0.580. The summed E-state index contributed by atoms with van der Waals surface area (Å²) in [5, 5.41) is 2.71. The number of carbonyl (C=O) groups excluding carboxylic acids is 1. The zero-order chi connectivity index (χ0) is 13.4. The third-order valence-electron chi connectivity index (χ3n) is 2.91. The second-order valence-electron chi connectivity index (χ2n) is 4.19. The molecule has 3 rings (SSSR count). The lowest BCUT2D eigenvalue weighted by molar-refractivity contribution is -0.117. The maximum Gasteiger partial charge on any atom is 0.230 e. The highest BCUT2D eigenvalue weighted by molar-refractivity contribution is 9.11. The second kappa shape index (κ2) is 5.08. The first-order chi connectivity index (χ1) is 9.17. The highest BCUT2D eigenvalue weighted by atomic mass is 79.9. The molecule has 96 valence electrons. The molecule has 0 radical (unpaired) electrons. The number of terminal acetylenes is 1. The Morgan fingerprint density at radius 3 is 3.00 bits per heavy atom. The highest BCUT2D eigenvalue weighted by Gasteiger charge is 2.31. The summed E-state index contributed by atoms with van der Waals surface area (Å²) in [5.74, 6) is 2.72. The van der Waals surface area contributed by atoms with Crippen LogP contribution in [0, 0.1) is 18.3 Å². The number of hydrogen-bond acceptors (Lipinski definition) is 4. The Morgan fingerprint density at radius 2 is 2.37 bits per heavy atom. The molecule has 1 aliphatic heterocycles. The van der Waals surface area contributed by atoms with Crippen LogP contribution in [0.1, 0.15) is 6.42 Å². The zero-order valence-electron chi connectivity index (χ0n) is 9.80. The zero-order valence-corrected chi connectivity index (χ0v) is 13.0. The van der Waals surface area contributed by atoms with Crippen LogP contribution >= 0.6 is 38.6 Å². The average Bonchev–Trinajstić information content (AvgIpc) is 3.07. The number of aromatic nitrogens is 1. The van der Waals surface area contributed by atoms with Gasteiger partial charge in [0.1, 0.15) is 0 Å². The van der Waals surface area contributed by atoms with E-state index in [1.54, 1.807) is 16.2 Å². The molecular weight excluding hydrogens is 344 g/mol. The SMILES string of the molecule is C#CC1CC(=O)N(c2nc(-c3ccc(Br)s3)cs2)C1. The van der Waals surface area contributed by atoms with Crippen molar-refractivity contribution in [3.05, 3.63) is 21.3 Å². The van der Waals surface area contributed by atoms with Crippen LogP contribution in [0.15, 0.2) is 21.3 Å². The molecule has 0 spiro atoms. The Kier molecular flexibility index (Phi) is 3.44. The van der Waals surface area contributed by atoms with Crippen molar-refractivity contribution in [2.24, 2.45) is 5.92 Å². The number of thiophene rings is 1. The largest absolute Gasteiger partial charge is 0.287 e. The molecule has 0 bridgehead atoms. The lowest BCUT2D eigenvalue weighted by Crippen LogP contribution is -2.24. The molecule has 1 fully saturated rings. The molecule has 0 N–H and O–H groups in total. The monoisotopic (exact) mass is 352 g/mol. The van der Waals surface area contributed by atoms with E-state index >= 15 is 0 Å². The third kappa shape index (κ3) is 2.46. The van der Waals surface area contributed by atoms with Crippen LogP contribution < -0.4 is 4.90 Å². The maximum atomic E-state index is 11.9. The Hall–Kier alpha value is -1.16. The molecule has 0 saturated carbocycles. The van der Waals surface area contributed by atoms with Crippen LogP contribution in [-0.4, -0.2) is 17.4 Å². The van der Waals surface area contributed by atoms with E-state index < -0.39 is 0 Å². The standard InChI is InChI=1S/C13H9BrN2OS2/c1-2-8-5-12(17)16(6-8)13-15-9(7-18-13)10-3-4-11(14)19-10/h1,3-4,7-8H,5-6H2. The quantitative estimate of drug-likeness (QED) is 0.773. The van der Waals surface area contributed by atoms with Gasteiger partial charge in [0.05, 0.1) is 14.4 Å². The van der Waals surface area contributed by atoms with Crippen molar-refractivity contribution in [1.29, 1.82) is 0 Å². The highest BCUT2D eigenvalue weighted by Crippen LogP contribution is 2.35. The van der Waals surface area contributed by atoms with Crippen molar-refractivity contribution in [3.8, 4) is 22.9 Å². The molecule has 2 aromatic rings. The van der Waals surface area contributed by atoms with E-state index in [1.165, 1.54) is 11.3 Å². The van der Waals surface area contributed by atoms with Crippen molar-refractivity contribution in [3.63, 3.8) is 0 Å². The number of thiazole rings is 1. The van der Waals surface area contributed by atoms with Gasteiger partial charge in [-0.3, -0.25) is 9.69 Å². The van der Waals surface area contributed by atoms with Crippen molar-refractivity contribution < 1.29 is 4.79 Å². The first-order valence-electron chi connectivity index (χ1n) is 5.65. The first kappa shape index (κ1) is 12.9. The van der Waals surface area contributed by atoms with Crippen molar-refractivity contribution in [2.45, 2.75) is 6.42 Å². The van der Waals surface area contributed by atoms with E-state index in [0.29, 0.717) is 13.0 Å². The molecule has 0 aliphatic carbocycles. The van der Waals surface area contributed by atoms with Gasteiger partial charge >= 0.3 is 0 Å². The number of anilines is 1. The van der Waals surface area contributed by atoms with Gasteiger partial charge in [-0.15, -0.1) is 35.0 Å². The second-order valence-corrected chi connectivity index (χ2v) is 7.49. The smallest absolute Gasteiger partial charge is 0.230 e. The minimum absolute atomic E-state index is 0.00994. The van der Waals surface area contributed by atoms with Gasteiger partial charge in [0.15, 0.2) is 5.13 Å². The summed E-state index contributed by atoms with van der Waals surface area (Å²) >= 11 is 6.55. The molecule has 1 saturated heterocycles. The third-order valence-corrected chi connectivity index (χ3v) is 5.42. The van der Waals surface area contributed by atoms with Crippen LogP contribution in [0.25, 0.3) is 10.6 Å². The molecule has 6 heteroatoms. The van der Waals surface area contributed by atoms with Crippen molar-refractivity contribution in [1.82, 2.24) is 4.98 Å². The molecule has 1 unspecified atom stereocenters. The number of nitrogens with zero attached hydrogens (tertiary/aromatic N) is 2. The minimum atomic E-state index is 0.00994. The Morgan fingerprint density at radius 1 is 1.53 bits per heavy atom. The fourth-order valence-electron chi connectivity index (χ4n) is 1.96. The van der Waals surface area contributed by atoms with Crippen molar-refractivity contribution >= 4 is 49.6 Å². The van der Waals surface area contributed by atoms with E-state index in [0.717, 1.165) is 19.5 Å².